The van der Waals surface area contributed by atoms with Gasteiger partial charge in [-0.05, 0) is 6.92 Å². The van der Waals surface area contributed by atoms with Gasteiger partial charge in [0.25, 0.3) is 0 Å². The number of hydrogen-bond acceptors (Lipinski definition) is 2. The Kier molecular flexibility index (Phi) is 4.71. The molecule has 0 fully saturated rings. The number of rotatable bonds is 3. The summed E-state index contributed by atoms with van der Waals surface area (Å²) in [5.74, 6) is -0.0935. The van der Waals surface area contributed by atoms with E-state index in [2.05, 4.69) is 21.2 Å². The minimum absolute atomic E-state index is 0.00847. The minimum atomic E-state index is -0.177. The van der Waals surface area contributed by atoms with E-state index in [9.17, 15) is 4.79 Å². The highest BCUT2D eigenvalue weighted by atomic mass is 79.9. The van der Waals surface area contributed by atoms with E-state index in [4.69, 9.17) is 5.11 Å². The van der Waals surface area contributed by atoms with Crippen molar-refractivity contribution in [3.63, 3.8) is 0 Å². The maximum atomic E-state index is 10.6. The smallest absolute Gasteiger partial charge is 0.233 e. The van der Waals surface area contributed by atoms with E-state index in [1.165, 1.54) is 0 Å². The molecular weight excluding hydrogens is 186 g/mol. The van der Waals surface area contributed by atoms with E-state index in [-0.39, 0.29) is 17.3 Å². The van der Waals surface area contributed by atoms with Gasteiger partial charge in [0.2, 0.25) is 5.91 Å². The average molecular weight is 196 g/mol. The third kappa shape index (κ3) is 4.42. The fourth-order valence-corrected chi connectivity index (χ4v) is 0.482. The van der Waals surface area contributed by atoms with Crippen LogP contribution in [0.2, 0.25) is 0 Å². The maximum absolute atomic E-state index is 10.6. The van der Waals surface area contributed by atoms with Crippen LogP contribution in [0.5, 0.6) is 0 Å². The summed E-state index contributed by atoms with van der Waals surface area (Å²) in [6, 6.07) is 0. The standard InChI is InChI=1S/C5H10BrNO2/c1-4(6)5(9)7-2-3-8/h4,8H,2-3H2,1H3,(H,7,9). The van der Waals surface area contributed by atoms with Crippen LogP contribution in [0.4, 0.5) is 0 Å². The Bertz CT molecular complexity index is 95.0. The van der Waals surface area contributed by atoms with Crippen LogP contribution in [0.3, 0.4) is 0 Å². The van der Waals surface area contributed by atoms with Gasteiger partial charge in [0.05, 0.1) is 11.4 Å². The molecule has 0 bridgehead atoms. The number of carbonyl (C=O) groups is 1. The molecule has 0 aromatic heterocycles. The van der Waals surface area contributed by atoms with Crippen LogP contribution in [0.15, 0.2) is 0 Å². The molecule has 0 aliphatic heterocycles. The van der Waals surface area contributed by atoms with Crippen LogP contribution >= 0.6 is 15.9 Å². The fourth-order valence-electron chi connectivity index (χ4n) is 0.320. The summed E-state index contributed by atoms with van der Waals surface area (Å²) in [5, 5.41) is 10.8. The second kappa shape index (κ2) is 4.76. The third-order valence-electron chi connectivity index (χ3n) is 0.772. The van der Waals surface area contributed by atoms with Crippen LogP contribution in [-0.2, 0) is 4.79 Å². The molecule has 9 heavy (non-hydrogen) atoms. The van der Waals surface area contributed by atoms with E-state index in [1.807, 2.05) is 0 Å². The minimum Gasteiger partial charge on any atom is -0.395 e. The van der Waals surface area contributed by atoms with Crippen molar-refractivity contribution in [3.05, 3.63) is 0 Å². The van der Waals surface area contributed by atoms with Gasteiger partial charge in [0, 0.05) is 6.54 Å². The van der Waals surface area contributed by atoms with Gasteiger partial charge in [0.1, 0.15) is 0 Å². The van der Waals surface area contributed by atoms with Crippen molar-refractivity contribution in [2.45, 2.75) is 11.8 Å². The normalized spacial score (nSPS) is 12.8. The van der Waals surface area contributed by atoms with Crippen LogP contribution in [0, 0.1) is 0 Å². The van der Waals surface area contributed by atoms with Crippen LogP contribution in [0.1, 0.15) is 6.92 Å². The Morgan fingerprint density at radius 2 is 2.44 bits per heavy atom. The van der Waals surface area contributed by atoms with Gasteiger partial charge in [-0.25, -0.2) is 0 Å². The Morgan fingerprint density at radius 3 is 2.78 bits per heavy atom. The average Bonchev–Trinajstić information content (AvgIpc) is 1.82. The first-order valence-corrected chi connectivity index (χ1v) is 3.62. The third-order valence-corrected chi connectivity index (χ3v) is 1.19. The van der Waals surface area contributed by atoms with Gasteiger partial charge in [-0.2, -0.15) is 0 Å². The SMILES string of the molecule is CC(Br)C(=O)NCCO. The van der Waals surface area contributed by atoms with E-state index in [1.54, 1.807) is 6.92 Å². The van der Waals surface area contributed by atoms with Crippen molar-refractivity contribution in [1.29, 1.82) is 0 Å². The first kappa shape index (κ1) is 8.91. The predicted molar refractivity (Wildman–Crippen MR) is 38.5 cm³/mol. The highest BCUT2D eigenvalue weighted by molar-refractivity contribution is 9.10. The summed E-state index contributed by atoms with van der Waals surface area (Å²) in [6.07, 6.45) is 0. The number of aliphatic hydroxyl groups excluding tert-OH is 1. The predicted octanol–water partition coefficient (Wildman–Crippen LogP) is -0.122. The van der Waals surface area contributed by atoms with Crippen molar-refractivity contribution in [2.75, 3.05) is 13.2 Å². The molecule has 4 heteroatoms. The molecule has 0 heterocycles. The maximum Gasteiger partial charge on any atom is 0.233 e. The summed E-state index contributed by atoms with van der Waals surface area (Å²) in [4.78, 5) is 10.5. The van der Waals surface area contributed by atoms with Crippen molar-refractivity contribution in [1.82, 2.24) is 5.32 Å². The molecule has 0 aliphatic rings. The monoisotopic (exact) mass is 195 g/mol. The van der Waals surface area contributed by atoms with Gasteiger partial charge in [-0.1, -0.05) is 15.9 Å². The lowest BCUT2D eigenvalue weighted by molar-refractivity contribution is -0.120. The van der Waals surface area contributed by atoms with Crippen molar-refractivity contribution >= 4 is 21.8 Å². The molecule has 1 amide bonds. The molecule has 0 aliphatic carbocycles. The molecule has 1 atom stereocenters. The summed E-state index contributed by atoms with van der Waals surface area (Å²) in [7, 11) is 0. The zero-order chi connectivity index (χ0) is 7.28. The summed E-state index contributed by atoms with van der Waals surface area (Å²) >= 11 is 3.08. The van der Waals surface area contributed by atoms with Gasteiger partial charge in [-0.15, -0.1) is 0 Å². The first-order chi connectivity index (χ1) is 4.18. The van der Waals surface area contributed by atoms with Gasteiger partial charge < -0.3 is 10.4 Å². The van der Waals surface area contributed by atoms with Crippen molar-refractivity contribution < 1.29 is 9.90 Å². The first-order valence-electron chi connectivity index (χ1n) is 2.71. The molecule has 0 spiro atoms. The number of amides is 1. The molecule has 0 radical (unpaired) electrons. The Labute approximate surface area is 62.6 Å². The Balaban J connectivity index is 3.28. The Hall–Kier alpha value is -0.0900. The number of alkyl halides is 1. The lowest BCUT2D eigenvalue weighted by Crippen LogP contribution is -2.31. The molecule has 0 saturated heterocycles. The van der Waals surface area contributed by atoms with Gasteiger partial charge >= 0.3 is 0 Å². The van der Waals surface area contributed by atoms with E-state index < -0.39 is 0 Å². The highest BCUT2D eigenvalue weighted by Gasteiger charge is 2.05. The number of carbonyl (C=O) groups excluding carboxylic acids is 1. The quantitative estimate of drug-likeness (QED) is 0.618. The molecule has 0 aromatic rings. The lowest BCUT2D eigenvalue weighted by atomic mass is 10.4. The zero-order valence-electron chi connectivity index (χ0n) is 5.22. The molecule has 0 saturated carbocycles. The Morgan fingerprint density at radius 1 is 1.89 bits per heavy atom. The van der Waals surface area contributed by atoms with Crippen LogP contribution < -0.4 is 5.32 Å². The van der Waals surface area contributed by atoms with E-state index >= 15 is 0 Å². The molecule has 0 rings (SSSR count). The number of hydrogen-bond donors (Lipinski definition) is 2. The highest BCUT2D eigenvalue weighted by Crippen LogP contribution is 1.94. The molecule has 1 unspecified atom stereocenters. The number of nitrogens with one attached hydrogen (secondary N) is 1. The van der Waals surface area contributed by atoms with Crippen LogP contribution in [-0.4, -0.2) is 29.0 Å². The molecular formula is C5H10BrNO2. The summed E-state index contributed by atoms with van der Waals surface area (Å²) in [5.41, 5.74) is 0. The zero-order valence-corrected chi connectivity index (χ0v) is 6.81. The lowest BCUT2D eigenvalue weighted by Gasteiger charge is -2.02. The molecule has 54 valence electrons. The van der Waals surface area contributed by atoms with Crippen molar-refractivity contribution in [3.8, 4) is 0 Å². The van der Waals surface area contributed by atoms with Crippen LogP contribution in [0.25, 0.3) is 0 Å². The molecule has 2 N–H and O–H groups in total. The second-order valence-electron chi connectivity index (χ2n) is 1.63. The fraction of sp³-hybridized carbons (Fsp3) is 0.800. The molecule has 0 aromatic carbocycles. The van der Waals surface area contributed by atoms with Crippen molar-refractivity contribution in [2.24, 2.45) is 0 Å². The summed E-state index contributed by atoms with van der Waals surface area (Å²) in [6.45, 7) is 2.05. The topological polar surface area (TPSA) is 49.3 Å². The summed E-state index contributed by atoms with van der Waals surface area (Å²) < 4.78 is 0. The van der Waals surface area contributed by atoms with E-state index in [0.717, 1.165) is 0 Å². The second-order valence-corrected chi connectivity index (χ2v) is 3.00. The number of halogens is 1. The van der Waals surface area contributed by atoms with Gasteiger partial charge in [0.15, 0.2) is 0 Å². The number of aliphatic hydroxyl groups is 1. The molecule has 3 nitrogen and oxygen atoms in total. The van der Waals surface area contributed by atoms with E-state index in [0.29, 0.717) is 6.54 Å². The largest absolute Gasteiger partial charge is 0.395 e. The van der Waals surface area contributed by atoms with Gasteiger partial charge in [-0.3, -0.25) is 4.79 Å².